The molecular formula is C30H40N4O2. The van der Waals surface area contributed by atoms with E-state index in [9.17, 15) is 9.59 Å². The lowest BCUT2D eigenvalue weighted by molar-refractivity contribution is -0.135. The van der Waals surface area contributed by atoms with Gasteiger partial charge in [-0.15, -0.1) is 0 Å². The van der Waals surface area contributed by atoms with Crippen LogP contribution in [-0.2, 0) is 9.59 Å². The van der Waals surface area contributed by atoms with Crippen molar-refractivity contribution in [3.05, 3.63) is 65.9 Å². The SMILES string of the molecule is CCN(CC(=O)Nc1c(-c2ccccc2)c(C)nn1-c1ccccc1C)C(=O)CC(C)CC(C)(C)C. The molecule has 1 unspecified atom stereocenters. The van der Waals surface area contributed by atoms with Crippen molar-refractivity contribution in [2.45, 2.75) is 61.3 Å². The number of aryl methyl sites for hydroxylation is 2. The van der Waals surface area contributed by atoms with Gasteiger partial charge in [-0.2, -0.15) is 5.10 Å². The minimum absolute atomic E-state index is 0.00377. The van der Waals surface area contributed by atoms with Crippen LogP contribution in [0.3, 0.4) is 0 Å². The number of likely N-dealkylation sites (N-methyl/N-ethyl adjacent to an activating group) is 1. The zero-order chi connectivity index (χ0) is 26.5. The summed E-state index contributed by atoms with van der Waals surface area (Å²) in [6.07, 6.45) is 1.39. The molecule has 1 aromatic heterocycles. The van der Waals surface area contributed by atoms with Crippen molar-refractivity contribution >= 4 is 17.6 Å². The Kier molecular flexibility index (Phi) is 8.72. The molecule has 0 bridgehead atoms. The van der Waals surface area contributed by atoms with Gasteiger partial charge >= 0.3 is 0 Å². The monoisotopic (exact) mass is 488 g/mol. The second-order valence-corrected chi connectivity index (χ2v) is 10.9. The highest BCUT2D eigenvalue weighted by Gasteiger charge is 2.24. The molecule has 2 amide bonds. The summed E-state index contributed by atoms with van der Waals surface area (Å²) in [7, 11) is 0. The molecule has 0 aliphatic carbocycles. The predicted molar refractivity (Wildman–Crippen MR) is 147 cm³/mol. The van der Waals surface area contributed by atoms with Crippen molar-refractivity contribution < 1.29 is 9.59 Å². The maximum atomic E-state index is 13.3. The van der Waals surface area contributed by atoms with Gasteiger partial charge in [0.25, 0.3) is 0 Å². The molecule has 3 aromatic rings. The fourth-order valence-corrected chi connectivity index (χ4v) is 4.83. The third kappa shape index (κ3) is 6.84. The standard InChI is InChI=1S/C30H40N4O2/c1-8-33(27(36)18-21(2)19-30(5,6)7)20-26(35)31-29-28(24-15-10-9-11-16-24)23(4)32-34(29)25-17-13-12-14-22(25)3/h9-17,21H,8,18-20H2,1-7H3,(H,31,35). The summed E-state index contributed by atoms with van der Waals surface area (Å²) in [6, 6.07) is 17.9. The predicted octanol–water partition coefficient (Wildman–Crippen LogP) is 6.41. The quantitative estimate of drug-likeness (QED) is 0.379. The summed E-state index contributed by atoms with van der Waals surface area (Å²) in [5.41, 5.74) is 4.78. The van der Waals surface area contributed by atoms with Crippen LogP contribution >= 0.6 is 0 Å². The lowest BCUT2D eigenvalue weighted by Crippen LogP contribution is -2.39. The molecule has 0 radical (unpaired) electrons. The van der Waals surface area contributed by atoms with Crippen LogP contribution < -0.4 is 5.32 Å². The molecule has 0 saturated heterocycles. The molecule has 1 atom stereocenters. The number of benzene rings is 2. The molecule has 1 N–H and O–H groups in total. The van der Waals surface area contributed by atoms with E-state index in [0.29, 0.717) is 18.8 Å². The van der Waals surface area contributed by atoms with Crippen LogP contribution in [0, 0.1) is 25.2 Å². The first-order valence-corrected chi connectivity index (χ1v) is 12.8. The van der Waals surface area contributed by atoms with Crippen LogP contribution in [0.25, 0.3) is 16.8 Å². The van der Waals surface area contributed by atoms with Crippen LogP contribution in [0.5, 0.6) is 0 Å². The zero-order valence-electron chi connectivity index (χ0n) is 22.8. The van der Waals surface area contributed by atoms with Gasteiger partial charge in [-0.25, -0.2) is 4.68 Å². The maximum Gasteiger partial charge on any atom is 0.245 e. The summed E-state index contributed by atoms with van der Waals surface area (Å²) in [6.45, 7) is 15.0. The third-order valence-corrected chi connectivity index (χ3v) is 6.28. The first-order chi connectivity index (χ1) is 17.0. The molecule has 6 nitrogen and oxygen atoms in total. The second-order valence-electron chi connectivity index (χ2n) is 10.9. The molecule has 1 heterocycles. The maximum absolute atomic E-state index is 13.3. The van der Waals surface area contributed by atoms with Crippen LogP contribution in [0.4, 0.5) is 5.82 Å². The summed E-state index contributed by atoms with van der Waals surface area (Å²) in [5, 5.41) is 7.90. The van der Waals surface area contributed by atoms with E-state index >= 15 is 0 Å². The Hall–Kier alpha value is -3.41. The van der Waals surface area contributed by atoms with E-state index < -0.39 is 0 Å². The number of hydrogen-bond acceptors (Lipinski definition) is 3. The van der Waals surface area contributed by atoms with Gasteiger partial charge in [0.15, 0.2) is 0 Å². The number of carbonyl (C=O) groups excluding carboxylic acids is 2. The molecule has 6 heteroatoms. The van der Waals surface area contributed by atoms with Gasteiger partial charge < -0.3 is 10.2 Å². The Morgan fingerprint density at radius 2 is 1.67 bits per heavy atom. The number of hydrogen-bond donors (Lipinski definition) is 1. The second kappa shape index (κ2) is 11.5. The number of nitrogens with one attached hydrogen (secondary N) is 1. The molecule has 0 aliphatic rings. The molecule has 0 saturated carbocycles. The van der Waals surface area contributed by atoms with Crippen LogP contribution in [-0.4, -0.2) is 39.6 Å². The van der Waals surface area contributed by atoms with E-state index in [0.717, 1.165) is 34.5 Å². The summed E-state index contributed by atoms with van der Waals surface area (Å²) >= 11 is 0. The van der Waals surface area contributed by atoms with E-state index in [1.165, 1.54) is 0 Å². The first kappa shape index (κ1) is 27.2. The molecule has 2 aromatic carbocycles. The highest BCUT2D eigenvalue weighted by atomic mass is 16.2. The average molecular weight is 489 g/mol. The third-order valence-electron chi connectivity index (χ3n) is 6.28. The van der Waals surface area contributed by atoms with Gasteiger partial charge in [-0.05, 0) is 55.7 Å². The number of carbonyl (C=O) groups is 2. The Bertz CT molecular complexity index is 1190. The van der Waals surface area contributed by atoms with E-state index in [1.54, 1.807) is 9.58 Å². The molecular weight excluding hydrogens is 448 g/mol. The Morgan fingerprint density at radius 1 is 1.03 bits per heavy atom. The minimum Gasteiger partial charge on any atom is -0.334 e. The number of amides is 2. The smallest absolute Gasteiger partial charge is 0.245 e. The lowest BCUT2D eigenvalue weighted by atomic mass is 9.84. The van der Waals surface area contributed by atoms with E-state index in [2.05, 4.69) is 33.0 Å². The van der Waals surface area contributed by atoms with Crippen molar-refractivity contribution in [2.75, 3.05) is 18.4 Å². The highest BCUT2D eigenvalue weighted by Crippen LogP contribution is 2.34. The largest absolute Gasteiger partial charge is 0.334 e. The van der Waals surface area contributed by atoms with Crippen molar-refractivity contribution in [2.24, 2.45) is 11.3 Å². The van der Waals surface area contributed by atoms with Crippen LogP contribution in [0.2, 0.25) is 0 Å². The minimum atomic E-state index is -0.236. The Labute approximate surface area is 215 Å². The zero-order valence-corrected chi connectivity index (χ0v) is 22.8. The van der Waals surface area contributed by atoms with Crippen molar-refractivity contribution in [3.63, 3.8) is 0 Å². The van der Waals surface area contributed by atoms with Crippen molar-refractivity contribution in [1.29, 1.82) is 0 Å². The Morgan fingerprint density at radius 3 is 2.28 bits per heavy atom. The van der Waals surface area contributed by atoms with Gasteiger partial charge in [-0.3, -0.25) is 9.59 Å². The molecule has 192 valence electrons. The highest BCUT2D eigenvalue weighted by molar-refractivity contribution is 5.98. The number of anilines is 1. The molecule has 0 spiro atoms. The number of aromatic nitrogens is 2. The molecule has 0 aliphatic heterocycles. The van der Waals surface area contributed by atoms with Gasteiger partial charge in [0.2, 0.25) is 11.8 Å². The topological polar surface area (TPSA) is 67.2 Å². The fourth-order valence-electron chi connectivity index (χ4n) is 4.83. The summed E-state index contributed by atoms with van der Waals surface area (Å²) < 4.78 is 1.80. The average Bonchev–Trinajstić information content (AvgIpc) is 3.12. The van der Waals surface area contributed by atoms with E-state index in [1.807, 2.05) is 75.4 Å². The van der Waals surface area contributed by atoms with Gasteiger partial charge in [0.1, 0.15) is 5.82 Å². The number of nitrogens with zero attached hydrogens (tertiary/aromatic N) is 3. The summed E-state index contributed by atoms with van der Waals surface area (Å²) in [4.78, 5) is 28.0. The summed E-state index contributed by atoms with van der Waals surface area (Å²) in [5.74, 6) is 0.642. The fraction of sp³-hybridized carbons (Fsp3) is 0.433. The van der Waals surface area contributed by atoms with Crippen molar-refractivity contribution in [3.8, 4) is 16.8 Å². The van der Waals surface area contributed by atoms with E-state index in [4.69, 9.17) is 5.10 Å². The molecule has 0 fully saturated rings. The molecule has 36 heavy (non-hydrogen) atoms. The first-order valence-electron chi connectivity index (χ1n) is 12.8. The van der Waals surface area contributed by atoms with E-state index in [-0.39, 0.29) is 29.7 Å². The van der Waals surface area contributed by atoms with Crippen LogP contribution in [0.1, 0.15) is 58.7 Å². The number of rotatable bonds is 9. The van der Waals surface area contributed by atoms with Crippen molar-refractivity contribution in [1.82, 2.24) is 14.7 Å². The van der Waals surface area contributed by atoms with Gasteiger partial charge in [0, 0.05) is 18.5 Å². The lowest BCUT2D eigenvalue weighted by Gasteiger charge is -2.26. The van der Waals surface area contributed by atoms with Crippen LogP contribution in [0.15, 0.2) is 54.6 Å². The number of para-hydroxylation sites is 1. The van der Waals surface area contributed by atoms with Gasteiger partial charge in [0.05, 0.1) is 17.9 Å². The normalized spacial score (nSPS) is 12.3. The Balaban J connectivity index is 1.88. The van der Waals surface area contributed by atoms with Gasteiger partial charge in [-0.1, -0.05) is 76.2 Å². The molecule has 3 rings (SSSR count).